The van der Waals surface area contributed by atoms with Crippen molar-refractivity contribution in [3.8, 4) is 5.69 Å². The number of anilines is 3. The highest BCUT2D eigenvalue weighted by atomic mass is 19.4. The number of hydrogen-bond acceptors (Lipinski definition) is 6. The number of alkyl halides is 3. The second-order valence-electron chi connectivity index (χ2n) is 9.05. The first-order valence-electron chi connectivity index (χ1n) is 12.1. The number of nitrogens with one attached hydrogen (secondary N) is 2. The Bertz CT molecular complexity index is 1600. The fourth-order valence-corrected chi connectivity index (χ4v) is 4.04. The fraction of sp³-hybridized carbons (Fsp3) is 0.179. The number of hydrogen-bond donors (Lipinski definition) is 2. The highest BCUT2D eigenvalue weighted by Crippen LogP contribution is 2.33. The van der Waals surface area contributed by atoms with Gasteiger partial charge >= 0.3 is 6.18 Å². The third kappa shape index (κ3) is 6.03. The van der Waals surface area contributed by atoms with Gasteiger partial charge in [0, 0.05) is 53.4 Å². The van der Waals surface area contributed by atoms with E-state index in [0.29, 0.717) is 17.3 Å². The molecule has 8 nitrogen and oxygen atoms in total. The van der Waals surface area contributed by atoms with E-state index in [1.54, 1.807) is 49.8 Å². The van der Waals surface area contributed by atoms with Gasteiger partial charge in [0.15, 0.2) is 0 Å². The van der Waals surface area contributed by atoms with Crippen molar-refractivity contribution in [2.24, 2.45) is 4.99 Å². The number of carbonyl (C=O) groups excluding carboxylic acids is 1. The standard InChI is InChI=1S/C28H24F3N7O/c1-17-5-6-19(10-25(17)37-27-33-9-7-24(36-27)20-4-3-8-32-14-20)26(39)35-22-11-21(28(29,30)31)12-23(13-22)38-15-18(2)34-16-38/h4-7,9-16H,3,8H2,1-2H3,(H,35,39)(H,33,36,37). The van der Waals surface area contributed by atoms with E-state index in [1.165, 1.54) is 17.0 Å². The number of halogens is 3. The molecule has 0 bridgehead atoms. The zero-order chi connectivity index (χ0) is 27.6. The average Bonchev–Trinajstić information content (AvgIpc) is 3.36. The van der Waals surface area contributed by atoms with Gasteiger partial charge in [0.2, 0.25) is 5.95 Å². The third-order valence-electron chi connectivity index (χ3n) is 6.06. The van der Waals surface area contributed by atoms with E-state index in [1.807, 2.05) is 6.92 Å². The molecule has 0 saturated heterocycles. The minimum atomic E-state index is -4.60. The van der Waals surface area contributed by atoms with E-state index in [2.05, 4.69) is 36.7 Å². The Morgan fingerprint density at radius 3 is 2.62 bits per heavy atom. The predicted molar refractivity (Wildman–Crippen MR) is 144 cm³/mol. The molecule has 0 spiro atoms. The smallest absolute Gasteiger partial charge is 0.324 e. The summed E-state index contributed by atoms with van der Waals surface area (Å²) in [6, 6.07) is 10.1. The fourth-order valence-electron chi connectivity index (χ4n) is 4.04. The molecule has 198 valence electrons. The van der Waals surface area contributed by atoms with Crippen LogP contribution in [0.25, 0.3) is 11.3 Å². The van der Waals surface area contributed by atoms with E-state index in [4.69, 9.17) is 0 Å². The molecule has 0 aliphatic carbocycles. The second kappa shape index (κ2) is 10.5. The van der Waals surface area contributed by atoms with Gasteiger partial charge in [0.1, 0.15) is 0 Å². The maximum Gasteiger partial charge on any atom is 0.416 e. The number of aryl methyl sites for hydroxylation is 2. The second-order valence-corrected chi connectivity index (χ2v) is 9.05. The van der Waals surface area contributed by atoms with E-state index < -0.39 is 17.6 Å². The van der Waals surface area contributed by atoms with Crippen molar-refractivity contribution in [1.29, 1.82) is 0 Å². The summed E-state index contributed by atoms with van der Waals surface area (Å²) < 4.78 is 42.3. The Hall–Kier alpha value is -4.80. The van der Waals surface area contributed by atoms with Crippen LogP contribution in [-0.4, -0.2) is 38.2 Å². The van der Waals surface area contributed by atoms with Crippen LogP contribution in [0.4, 0.5) is 30.5 Å². The molecule has 4 aromatic rings. The van der Waals surface area contributed by atoms with Gasteiger partial charge in [-0.15, -0.1) is 0 Å². The van der Waals surface area contributed by atoms with Crippen molar-refractivity contribution >= 4 is 35.0 Å². The molecule has 2 N–H and O–H groups in total. The molecule has 1 amide bonds. The monoisotopic (exact) mass is 531 g/mol. The molecule has 3 heterocycles. The summed E-state index contributed by atoms with van der Waals surface area (Å²) in [6.07, 6.45) is 4.73. The number of aromatic nitrogens is 4. The van der Waals surface area contributed by atoms with Gasteiger partial charge in [-0.2, -0.15) is 13.2 Å². The van der Waals surface area contributed by atoms with Gasteiger partial charge in [-0.1, -0.05) is 12.1 Å². The van der Waals surface area contributed by atoms with Gasteiger partial charge in [-0.05, 0) is 62.2 Å². The molecule has 39 heavy (non-hydrogen) atoms. The highest BCUT2D eigenvalue weighted by Gasteiger charge is 2.31. The predicted octanol–water partition coefficient (Wildman–Crippen LogP) is 6.15. The Balaban J connectivity index is 1.40. The summed E-state index contributed by atoms with van der Waals surface area (Å²) in [7, 11) is 0. The van der Waals surface area contributed by atoms with Crippen molar-refractivity contribution in [2.45, 2.75) is 26.4 Å². The normalized spacial score (nSPS) is 13.2. The molecule has 0 radical (unpaired) electrons. The molecule has 0 unspecified atom stereocenters. The van der Waals surface area contributed by atoms with Gasteiger partial charge in [0.25, 0.3) is 5.91 Å². The summed E-state index contributed by atoms with van der Waals surface area (Å²) >= 11 is 0. The maximum absolute atomic E-state index is 13.6. The summed E-state index contributed by atoms with van der Waals surface area (Å²) in [4.78, 5) is 30.3. The largest absolute Gasteiger partial charge is 0.416 e. The van der Waals surface area contributed by atoms with Crippen LogP contribution in [0.5, 0.6) is 0 Å². The molecular formula is C28H24F3N7O. The molecule has 1 aliphatic heterocycles. The van der Waals surface area contributed by atoms with E-state index >= 15 is 0 Å². The molecule has 1 aliphatic rings. The molecule has 0 saturated carbocycles. The van der Waals surface area contributed by atoms with Gasteiger partial charge < -0.3 is 15.2 Å². The number of allylic oxidation sites excluding steroid dienone is 1. The first-order chi connectivity index (χ1) is 18.7. The maximum atomic E-state index is 13.6. The number of nitrogens with zero attached hydrogens (tertiary/aromatic N) is 5. The molecule has 5 rings (SSSR count). The van der Waals surface area contributed by atoms with Crippen LogP contribution in [0.2, 0.25) is 0 Å². The van der Waals surface area contributed by atoms with E-state index in [9.17, 15) is 18.0 Å². The lowest BCUT2D eigenvalue weighted by Crippen LogP contribution is -2.14. The molecular weight excluding hydrogens is 507 g/mol. The third-order valence-corrected chi connectivity index (χ3v) is 6.06. The minimum absolute atomic E-state index is 0.00437. The number of amides is 1. The zero-order valence-electron chi connectivity index (χ0n) is 21.1. The number of benzene rings is 2. The highest BCUT2D eigenvalue weighted by molar-refractivity contribution is 6.09. The SMILES string of the molecule is Cc1cn(-c2cc(NC(=O)c3ccc(C)c(Nc4nccc(C5=CCCN=C5)n4)c3)cc(C(F)(F)F)c2)cn1. The number of carbonyl (C=O) groups is 1. The van der Waals surface area contributed by atoms with Gasteiger partial charge in [-0.25, -0.2) is 15.0 Å². The van der Waals surface area contributed by atoms with Crippen molar-refractivity contribution in [1.82, 2.24) is 19.5 Å². The van der Waals surface area contributed by atoms with E-state index in [0.717, 1.165) is 41.9 Å². The van der Waals surface area contributed by atoms with Crippen molar-refractivity contribution < 1.29 is 18.0 Å². The quantitative estimate of drug-likeness (QED) is 0.311. The Kier molecular flexibility index (Phi) is 6.97. The molecule has 2 aromatic heterocycles. The Labute approximate surface area is 222 Å². The van der Waals surface area contributed by atoms with Crippen LogP contribution in [-0.2, 0) is 6.18 Å². The molecule has 0 fully saturated rings. The molecule has 11 heteroatoms. The van der Waals surface area contributed by atoms with Crippen molar-refractivity contribution in [3.05, 3.63) is 95.3 Å². The summed E-state index contributed by atoms with van der Waals surface area (Å²) in [5.74, 6) is -0.227. The summed E-state index contributed by atoms with van der Waals surface area (Å²) in [5.41, 5.74) is 3.28. The number of aliphatic imine (C=N–C) groups is 1. The molecule has 2 aromatic carbocycles. The van der Waals surface area contributed by atoms with Crippen LogP contribution in [0.15, 0.2) is 72.3 Å². The Morgan fingerprint density at radius 2 is 1.90 bits per heavy atom. The van der Waals surface area contributed by atoms with Gasteiger partial charge in [0.05, 0.1) is 23.3 Å². The number of dihydropyridines is 1. The minimum Gasteiger partial charge on any atom is -0.324 e. The first-order valence-corrected chi connectivity index (χ1v) is 12.1. The van der Waals surface area contributed by atoms with Crippen molar-refractivity contribution in [2.75, 3.05) is 17.2 Å². The lowest BCUT2D eigenvalue weighted by molar-refractivity contribution is -0.137. The topological polar surface area (TPSA) is 97.1 Å². The zero-order valence-corrected chi connectivity index (χ0v) is 21.1. The molecule has 0 atom stereocenters. The summed E-state index contributed by atoms with van der Waals surface area (Å²) in [6.45, 7) is 4.34. The van der Waals surface area contributed by atoms with Gasteiger partial charge in [-0.3, -0.25) is 9.79 Å². The average molecular weight is 532 g/mol. The lowest BCUT2D eigenvalue weighted by Gasteiger charge is -2.15. The summed E-state index contributed by atoms with van der Waals surface area (Å²) in [5, 5.41) is 5.74. The van der Waals surface area contributed by atoms with Crippen LogP contribution < -0.4 is 10.6 Å². The van der Waals surface area contributed by atoms with Crippen LogP contribution in [0.1, 0.15) is 39.3 Å². The first kappa shape index (κ1) is 25.8. The number of rotatable bonds is 6. The van der Waals surface area contributed by atoms with Crippen LogP contribution in [0.3, 0.4) is 0 Å². The van der Waals surface area contributed by atoms with Crippen LogP contribution >= 0.6 is 0 Å². The number of imidazole rings is 1. The Morgan fingerprint density at radius 1 is 1.05 bits per heavy atom. The van der Waals surface area contributed by atoms with Crippen molar-refractivity contribution in [3.63, 3.8) is 0 Å². The van der Waals surface area contributed by atoms with E-state index in [-0.39, 0.29) is 16.9 Å². The lowest BCUT2D eigenvalue weighted by atomic mass is 10.1. The van der Waals surface area contributed by atoms with Crippen LogP contribution in [0, 0.1) is 13.8 Å².